The fourth-order valence-electron chi connectivity index (χ4n) is 5.16. The van der Waals surface area contributed by atoms with Crippen LogP contribution in [0.15, 0.2) is 30.3 Å². The number of benzene rings is 2. The van der Waals surface area contributed by atoms with E-state index >= 15 is 0 Å². The van der Waals surface area contributed by atoms with E-state index in [0.29, 0.717) is 10.7 Å². The van der Waals surface area contributed by atoms with E-state index in [1.807, 2.05) is 0 Å². The Labute approximate surface area is 183 Å². The number of hydrogen-bond acceptors (Lipinski definition) is 4. The lowest BCUT2D eigenvalue weighted by atomic mass is 9.74. The van der Waals surface area contributed by atoms with Gasteiger partial charge in [0.15, 0.2) is 0 Å². The lowest BCUT2D eigenvalue weighted by molar-refractivity contribution is 0.125. The Morgan fingerprint density at radius 3 is 2.50 bits per heavy atom. The Balaban J connectivity index is 1.74. The van der Waals surface area contributed by atoms with Crippen LogP contribution in [0, 0.1) is 11.2 Å². The number of likely N-dealkylation sites (tertiary alicyclic amines) is 1. The lowest BCUT2D eigenvalue weighted by Crippen LogP contribution is -2.47. The van der Waals surface area contributed by atoms with Crippen molar-refractivity contribution in [3.05, 3.63) is 46.7 Å². The van der Waals surface area contributed by atoms with E-state index in [2.05, 4.69) is 35.9 Å². The van der Waals surface area contributed by atoms with Gasteiger partial charge < -0.3 is 20.2 Å². The van der Waals surface area contributed by atoms with Crippen LogP contribution in [-0.2, 0) is 5.41 Å². The summed E-state index contributed by atoms with van der Waals surface area (Å²) < 4.78 is 13.9. The number of piperidine rings is 1. The third-order valence-corrected chi connectivity index (χ3v) is 6.71. The highest BCUT2D eigenvalue weighted by atomic mass is 35.5. The van der Waals surface area contributed by atoms with E-state index in [1.165, 1.54) is 12.1 Å². The smallest absolute Gasteiger partial charge is 0.139 e. The standard InChI is InChI=1S/C24H31ClFN3O/c1-23(2,3)14-28-11-9-24(10-12-28)15-29(19-7-5-16(26)13-18(19)27-4)22-20(30)8-6-17(25)21(22)24/h5-8,13,27,30H,9-12,14-15H2,1-4H3. The molecule has 0 saturated carbocycles. The number of phenols is 1. The van der Waals surface area contributed by atoms with Crippen molar-refractivity contribution in [2.45, 2.75) is 39.0 Å². The average molecular weight is 432 g/mol. The fourth-order valence-corrected chi connectivity index (χ4v) is 5.51. The van der Waals surface area contributed by atoms with Gasteiger partial charge in [-0.25, -0.2) is 4.39 Å². The number of rotatable bonds is 3. The molecule has 2 aromatic rings. The molecule has 2 aromatic carbocycles. The molecule has 2 N–H and O–H groups in total. The number of anilines is 3. The van der Waals surface area contributed by atoms with E-state index < -0.39 is 0 Å². The molecule has 0 amide bonds. The topological polar surface area (TPSA) is 38.7 Å². The van der Waals surface area contributed by atoms with Crippen LogP contribution in [0.25, 0.3) is 0 Å². The number of nitrogens with one attached hydrogen (secondary N) is 1. The molecule has 0 bridgehead atoms. The van der Waals surface area contributed by atoms with Crippen LogP contribution in [-0.4, -0.2) is 43.2 Å². The van der Waals surface area contributed by atoms with Gasteiger partial charge in [-0.3, -0.25) is 0 Å². The zero-order valence-electron chi connectivity index (χ0n) is 18.2. The predicted octanol–water partition coefficient (Wildman–Crippen LogP) is 5.76. The quantitative estimate of drug-likeness (QED) is 0.648. The normalized spacial score (nSPS) is 18.7. The minimum Gasteiger partial charge on any atom is -0.506 e. The first-order valence-electron chi connectivity index (χ1n) is 10.6. The highest BCUT2D eigenvalue weighted by molar-refractivity contribution is 6.32. The largest absolute Gasteiger partial charge is 0.506 e. The molecule has 2 aliphatic rings. The van der Waals surface area contributed by atoms with Gasteiger partial charge in [-0.2, -0.15) is 0 Å². The van der Waals surface area contributed by atoms with Gasteiger partial charge in [-0.1, -0.05) is 32.4 Å². The SMILES string of the molecule is CNc1cc(F)ccc1N1CC2(CCN(CC(C)(C)C)CC2)c2c(Cl)ccc(O)c21. The summed E-state index contributed by atoms with van der Waals surface area (Å²) in [6.07, 6.45) is 1.96. The Bertz CT molecular complexity index is 948. The van der Waals surface area contributed by atoms with Crippen LogP contribution in [0.2, 0.25) is 5.02 Å². The molecule has 4 rings (SSSR count). The summed E-state index contributed by atoms with van der Waals surface area (Å²) in [6.45, 7) is 10.6. The highest BCUT2D eigenvalue weighted by Crippen LogP contribution is 2.56. The van der Waals surface area contributed by atoms with Crippen molar-refractivity contribution >= 4 is 28.7 Å². The van der Waals surface area contributed by atoms with E-state index in [0.717, 1.165) is 56.0 Å². The van der Waals surface area contributed by atoms with Crippen LogP contribution in [0.1, 0.15) is 39.2 Å². The second kappa shape index (κ2) is 7.61. The Kier molecular flexibility index (Phi) is 5.39. The molecule has 30 heavy (non-hydrogen) atoms. The first-order chi connectivity index (χ1) is 14.1. The number of phenolic OH excluding ortho intramolecular Hbond substituents is 1. The Morgan fingerprint density at radius 2 is 1.87 bits per heavy atom. The van der Waals surface area contributed by atoms with Crippen molar-refractivity contribution in [3.63, 3.8) is 0 Å². The van der Waals surface area contributed by atoms with Gasteiger partial charge in [0.1, 0.15) is 11.6 Å². The van der Waals surface area contributed by atoms with Gasteiger partial charge >= 0.3 is 0 Å². The van der Waals surface area contributed by atoms with Crippen molar-refractivity contribution in [1.29, 1.82) is 0 Å². The summed E-state index contributed by atoms with van der Waals surface area (Å²) in [4.78, 5) is 4.64. The first-order valence-corrected chi connectivity index (χ1v) is 11.0. The van der Waals surface area contributed by atoms with Crippen molar-refractivity contribution in [2.24, 2.45) is 5.41 Å². The number of hydrogen-bond donors (Lipinski definition) is 2. The Morgan fingerprint density at radius 1 is 1.17 bits per heavy atom. The minimum atomic E-state index is -0.289. The van der Waals surface area contributed by atoms with Gasteiger partial charge in [-0.15, -0.1) is 0 Å². The molecule has 1 spiro atoms. The van der Waals surface area contributed by atoms with E-state index in [9.17, 15) is 9.50 Å². The molecule has 4 nitrogen and oxygen atoms in total. The second-order valence-electron chi connectivity index (χ2n) is 9.90. The van der Waals surface area contributed by atoms with Crippen molar-refractivity contribution in [1.82, 2.24) is 4.90 Å². The molecule has 0 radical (unpaired) electrons. The Hall–Kier alpha value is -1.98. The van der Waals surface area contributed by atoms with Gasteiger partial charge in [0.05, 0.1) is 17.1 Å². The fraction of sp³-hybridized carbons (Fsp3) is 0.500. The maximum absolute atomic E-state index is 13.9. The molecular weight excluding hydrogens is 401 g/mol. The van der Waals surface area contributed by atoms with Crippen LogP contribution in [0.5, 0.6) is 5.75 Å². The third kappa shape index (κ3) is 3.74. The van der Waals surface area contributed by atoms with E-state index in [-0.39, 0.29) is 22.4 Å². The second-order valence-corrected chi connectivity index (χ2v) is 10.3. The highest BCUT2D eigenvalue weighted by Gasteiger charge is 2.48. The van der Waals surface area contributed by atoms with Gasteiger partial charge in [-0.05, 0) is 61.7 Å². The first kappa shape index (κ1) is 21.3. The summed E-state index contributed by atoms with van der Waals surface area (Å²) in [7, 11) is 1.79. The maximum Gasteiger partial charge on any atom is 0.139 e. The molecule has 0 unspecified atom stereocenters. The van der Waals surface area contributed by atoms with Crippen LogP contribution >= 0.6 is 11.6 Å². The summed E-state index contributed by atoms with van der Waals surface area (Å²) >= 11 is 6.73. The molecule has 1 saturated heterocycles. The van der Waals surface area contributed by atoms with Gasteiger partial charge in [0, 0.05) is 36.1 Å². The molecule has 1 fully saturated rings. The summed E-state index contributed by atoms with van der Waals surface area (Å²) in [5.74, 6) is -0.0715. The third-order valence-electron chi connectivity index (χ3n) is 6.40. The summed E-state index contributed by atoms with van der Waals surface area (Å²) in [5.41, 5.74) is 3.48. The zero-order chi connectivity index (χ0) is 21.7. The average Bonchev–Trinajstić information content (AvgIpc) is 3.01. The lowest BCUT2D eigenvalue weighted by Gasteiger charge is -2.42. The zero-order valence-corrected chi connectivity index (χ0v) is 19.0. The van der Waals surface area contributed by atoms with Crippen molar-refractivity contribution < 1.29 is 9.50 Å². The maximum atomic E-state index is 13.9. The molecular formula is C24H31ClFN3O. The molecule has 0 aromatic heterocycles. The van der Waals surface area contributed by atoms with Crippen LogP contribution < -0.4 is 10.2 Å². The van der Waals surface area contributed by atoms with Gasteiger partial charge in [0.2, 0.25) is 0 Å². The van der Waals surface area contributed by atoms with Crippen LogP contribution in [0.3, 0.4) is 0 Å². The molecule has 0 atom stereocenters. The number of halogens is 2. The van der Waals surface area contributed by atoms with E-state index in [1.54, 1.807) is 25.2 Å². The number of nitrogens with zero attached hydrogens (tertiary/aromatic N) is 2. The molecule has 162 valence electrons. The van der Waals surface area contributed by atoms with Crippen molar-refractivity contribution in [2.75, 3.05) is 43.4 Å². The summed E-state index contributed by atoms with van der Waals surface area (Å²) in [5, 5.41) is 14.6. The number of aromatic hydroxyl groups is 1. The molecule has 2 aliphatic heterocycles. The van der Waals surface area contributed by atoms with Gasteiger partial charge in [0.25, 0.3) is 0 Å². The van der Waals surface area contributed by atoms with Crippen molar-refractivity contribution in [3.8, 4) is 5.75 Å². The molecule has 2 heterocycles. The predicted molar refractivity (Wildman–Crippen MR) is 123 cm³/mol. The molecule has 0 aliphatic carbocycles. The summed E-state index contributed by atoms with van der Waals surface area (Å²) in [6, 6.07) is 8.19. The number of fused-ring (bicyclic) bond motifs is 2. The van der Waals surface area contributed by atoms with E-state index in [4.69, 9.17) is 11.6 Å². The van der Waals surface area contributed by atoms with Crippen LogP contribution in [0.4, 0.5) is 21.5 Å². The monoisotopic (exact) mass is 431 g/mol. The minimum absolute atomic E-state index is 0.126. The molecule has 6 heteroatoms.